The van der Waals surface area contributed by atoms with Crippen LogP contribution in [0.4, 0.5) is 11.5 Å². The van der Waals surface area contributed by atoms with Crippen molar-refractivity contribution < 1.29 is 4.74 Å². The molecule has 21 heavy (non-hydrogen) atoms. The predicted octanol–water partition coefficient (Wildman–Crippen LogP) is 2.33. The number of benzene rings is 1. The molecular weight excluding hydrogens is 266 g/mol. The molecular formula is C15H17N5O. The van der Waals surface area contributed by atoms with Crippen LogP contribution in [0.15, 0.2) is 30.6 Å². The summed E-state index contributed by atoms with van der Waals surface area (Å²) in [7, 11) is 0. The molecule has 0 saturated carbocycles. The van der Waals surface area contributed by atoms with Gasteiger partial charge in [-0.3, -0.25) is 0 Å². The van der Waals surface area contributed by atoms with Crippen LogP contribution in [0.3, 0.4) is 0 Å². The van der Waals surface area contributed by atoms with Crippen LogP contribution in [-0.4, -0.2) is 16.1 Å². The minimum atomic E-state index is -0.00595. The van der Waals surface area contributed by atoms with Crippen molar-refractivity contribution in [2.45, 2.75) is 26.5 Å². The van der Waals surface area contributed by atoms with Crippen molar-refractivity contribution in [2.24, 2.45) is 0 Å². The fourth-order valence-electron chi connectivity index (χ4n) is 1.72. The second kappa shape index (κ2) is 6.57. The van der Waals surface area contributed by atoms with E-state index in [1.807, 2.05) is 26.0 Å². The summed E-state index contributed by atoms with van der Waals surface area (Å²) >= 11 is 0. The summed E-state index contributed by atoms with van der Waals surface area (Å²) in [6.45, 7) is 4.37. The average Bonchev–Trinajstić information content (AvgIpc) is 2.48. The molecule has 6 nitrogen and oxygen atoms in total. The van der Waals surface area contributed by atoms with Crippen LogP contribution in [0.25, 0.3) is 0 Å². The predicted molar refractivity (Wildman–Crippen MR) is 80.7 cm³/mol. The number of anilines is 2. The summed E-state index contributed by atoms with van der Waals surface area (Å²) < 4.78 is 5.52. The van der Waals surface area contributed by atoms with Gasteiger partial charge in [-0.1, -0.05) is 12.1 Å². The zero-order valence-electron chi connectivity index (χ0n) is 12.0. The van der Waals surface area contributed by atoms with Gasteiger partial charge < -0.3 is 15.8 Å². The van der Waals surface area contributed by atoms with Crippen LogP contribution in [0.5, 0.6) is 5.88 Å². The van der Waals surface area contributed by atoms with Crippen molar-refractivity contribution in [2.75, 3.05) is 11.1 Å². The van der Waals surface area contributed by atoms with E-state index >= 15 is 0 Å². The Morgan fingerprint density at radius 2 is 2.00 bits per heavy atom. The molecule has 0 amide bonds. The normalized spacial score (nSPS) is 10.2. The largest absolute Gasteiger partial charge is 0.473 e. The first-order valence-electron chi connectivity index (χ1n) is 6.60. The average molecular weight is 283 g/mol. The highest BCUT2D eigenvalue weighted by Gasteiger charge is 2.10. The molecule has 0 fully saturated rings. The van der Waals surface area contributed by atoms with Crippen molar-refractivity contribution in [3.05, 3.63) is 41.7 Å². The lowest BCUT2D eigenvalue weighted by Crippen LogP contribution is -2.12. The molecule has 0 spiro atoms. The number of nitriles is 1. The smallest absolute Gasteiger partial charge is 0.242 e. The van der Waals surface area contributed by atoms with Crippen LogP contribution in [0, 0.1) is 11.3 Å². The molecule has 1 aromatic carbocycles. The third-order valence-corrected chi connectivity index (χ3v) is 2.74. The van der Waals surface area contributed by atoms with Crippen LogP contribution in [-0.2, 0) is 6.54 Å². The number of ether oxygens (including phenoxy) is 1. The third kappa shape index (κ3) is 3.83. The van der Waals surface area contributed by atoms with E-state index in [1.54, 1.807) is 12.1 Å². The lowest BCUT2D eigenvalue weighted by molar-refractivity contribution is 0.234. The van der Waals surface area contributed by atoms with Gasteiger partial charge in [-0.05, 0) is 31.5 Å². The standard InChI is InChI=1S/C15H17N5O/c1-10(2)21-15-13(17)14(19-9-20-15)18-8-12-5-3-11(7-16)4-6-12/h3-6,9-10H,8,17H2,1-2H3,(H,18,19,20). The molecule has 0 radical (unpaired) electrons. The molecule has 1 heterocycles. The highest BCUT2D eigenvalue weighted by molar-refractivity contribution is 5.66. The first-order valence-corrected chi connectivity index (χ1v) is 6.60. The zero-order valence-corrected chi connectivity index (χ0v) is 12.0. The lowest BCUT2D eigenvalue weighted by Gasteiger charge is -2.13. The van der Waals surface area contributed by atoms with E-state index in [-0.39, 0.29) is 6.10 Å². The van der Waals surface area contributed by atoms with Crippen LogP contribution < -0.4 is 15.8 Å². The Kier molecular flexibility index (Phi) is 4.57. The van der Waals surface area contributed by atoms with Crippen molar-refractivity contribution in [1.29, 1.82) is 5.26 Å². The quantitative estimate of drug-likeness (QED) is 0.874. The van der Waals surface area contributed by atoms with Gasteiger partial charge in [0.2, 0.25) is 5.88 Å². The van der Waals surface area contributed by atoms with E-state index in [9.17, 15) is 0 Å². The topological polar surface area (TPSA) is 96.9 Å². The number of hydrogen-bond donors (Lipinski definition) is 2. The summed E-state index contributed by atoms with van der Waals surface area (Å²) in [6, 6.07) is 9.39. The van der Waals surface area contributed by atoms with E-state index in [1.165, 1.54) is 6.33 Å². The summed E-state index contributed by atoms with van der Waals surface area (Å²) in [6.07, 6.45) is 1.41. The Labute approximate surface area is 123 Å². The molecule has 6 heteroatoms. The van der Waals surface area contributed by atoms with Gasteiger partial charge >= 0.3 is 0 Å². The number of rotatable bonds is 5. The molecule has 0 bridgehead atoms. The van der Waals surface area contributed by atoms with E-state index in [2.05, 4.69) is 21.4 Å². The number of hydrogen-bond acceptors (Lipinski definition) is 6. The molecule has 108 valence electrons. The Morgan fingerprint density at radius 3 is 2.62 bits per heavy atom. The Bertz CT molecular complexity index is 646. The SMILES string of the molecule is CC(C)Oc1ncnc(NCc2ccc(C#N)cc2)c1N. The number of nitrogens with zero attached hydrogens (tertiary/aromatic N) is 3. The highest BCUT2D eigenvalue weighted by atomic mass is 16.5. The number of nitrogens with two attached hydrogens (primary N) is 1. The van der Waals surface area contributed by atoms with E-state index < -0.39 is 0 Å². The molecule has 1 aromatic heterocycles. The highest BCUT2D eigenvalue weighted by Crippen LogP contribution is 2.25. The van der Waals surface area contributed by atoms with Gasteiger partial charge in [0.1, 0.15) is 12.0 Å². The molecule has 2 rings (SSSR count). The third-order valence-electron chi connectivity index (χ3n) is 2.74. The van der Waals surface area contributed by atoms with E-state index in [0.29, 0.717) is 29.5 Å². The molecule has 0 atom stereocenters. The van der Waals surface area contributed by atoms with Crippen molar-refractivity contribution in [3.8, 4) is 11.9 Å². The van der Waals surface area contributed by atoms with Crippen LogP contribution >= 0.6 is 0 Å². The molecule has 0 aliphatic rings. The molecule has 2 aromatic rings. The van der Waals surface area contributed by atoms with Gasteiger partial charge in [0.05, 0.1) is 17.7 Å². The first-order chi connectivity index (χ1) is 10.1. The molecule has 0 unspecified atom stereocenters. The zero-order chi connectivity index (χ0) is 15.2. The molecule has 3 N–H and O–H groups in total. The number of nitrogens with one attached hydrogen (secondary N) is 1. The number of nitrogen functional groups attached to an aromatic ring is 1. The van der Waals surface area contributed by atoms with Crippen LogP contribution in [0.1, 0.15) is 25.0 Å². The van der Waals surface area contributed by atoms with Crippen molar-refractivity contribution in [1.82, 2.24) is 9.97 Å². The maximum absolute atomic E-state index is 8.76. The van der Waals surface area contributed by atoms with Crippen molar-refractivity contribution >= 4 is 11.5 Å². The Hall–Kier alpha value is -2.81. The van der Waals surface area contributed by atoms with Crippen LogP contribution in [0.2, 0.25) is 0 Å². The number of aromatic nitrogens is 2. The lowest BCUT2D eigenvalue weighted by atomic mass is 10.1. The van der Waals surface area contributed by atoms with Gasteiger partial charge in [-0.25, -0.2) is 4.98 Å². The van der Waals surface area contributed by atoms with Gasteiger partial charge in [-0.2, -0.15) is 10.2 Å². The Balaban J connectivity index is 2.07. The maximum Gasteiger partial charge on any atom is 0.242 e. The second-order valence-corrected chi connectivity index (χ2v) is 4.77. The van der Waals surface area contributed by atoms with E-state index in [4.69, 9.17) is 15.7 Å². The summed E-state index contributed by atoms with van der Waals surface area (Å²) in [4.78, 5) is 8.14. The Morgan fingerprint density at radius 1 is 1.29 bits per heavy atom. The fraction of sp³-hybridized carbons (Fsp3) is 0.267. The summed E-state index contributed by atoms with van der Waals surface area (Å²) in [5, 5.41) is 11.9. The van der Waals surface area contributed by atoms with Gasteiger partial charge in [0, 0.05) is 6.54 Å². The minimum absolute atomic E-state index is 0.00595. The van der Waals surface area contributed by atoms with Gasteiger partial charge in [-0.15, -0.1) is 0 Å². The maximum atomic E-state index is 8.76. The molecule has 0 saturated heterocycles. The molecule has 0 aliphatic carbocycles. The van der Waals surface area contributed by atoms with Gasteiger partial charge in [0.15, 0.2) is 5.82 Å². The summed E-state index contributed by atoms with van der Waals surface area (Å²) in [5.41, 5.74) is 8.03. The fourth-order valence-corrected chi connectivity index (χ4v) is 1.72. The molecule has 0 aliphatic heterocycles. The minimum Gasteiger partial charge on any atom is -0.473 e. The second-order valence-electron chi connectivity index (χ2n) is 4.77. The first kappa shape index (κ1) is 14.6. The van der Waals surface area contributed by atoms with Gasteiger partial charge in [0.25, 0.3) is 0 Å². The van der Waals surface area contributed by atoms with Crippen molar-refractivity contribution in [3.63, 3.8) is 0 Å². The monoisotopic (exact) mass is 283 g/mol. The van der Waals surface area contributed by atoms with E-state index in [0.717, 1.165) is 5.56 Å². The summed E-state index contributed by atoms with van der Waals surface area (Å²) in [5.74, 6) is 0.910.